The van der Waals surface area contributed by atoms with Crippen LogP contribution in [0.1, 0.15) is 38.0 Å². The van der Waals surface area contributed by atoms with Gasteiger partial charge in [-0.1, -0.05) is 42.5 Å². The standard InChI is InChI=1S/C20H28N2O/c1-4-22(5-2)19-13-11-17(12-14-19)15-21-16(3)20(23)18-9-7-6-8-10-18/h6-14,16,20-21,23H,4-5,15H2,1-3H3/p+1/t16-,20+/m1/s1. The van der Waals surface area contributed by atoms with Crippen molar-refractivity contribution < 1.29 is 10.4 Å². The van der Waals surface area contributed by atoms with E-state index in [1.807, 2.05) is 30.3 Å². The molecular weight excluding hydrogens is 284 g/mol. The lowest BCUT2D eigenvalue weighted by Crippen LogP contribution is -2.88. The molecule has 0 aliphatic carbocycles. The molecule has 124 valence electrons. The summed E-state index contributed by atoms with van der Waals surface area (Å²) in [6, 6.07) is 18.7. The van der Waals surface area contributed by atoms with Crippen LogP contribution in [0, 0.1) is 0 Å². The lowest BCUT2D eigenvalue weighted by molar-refractivity contribution is -0.709. The van der Waals surface area contributed by atoms with Gasteiger partial charge in [0.25, 0.3) is 0 Å². The number of nitrogens with zero attached hydrogens (tertiary/aromatic N) is 1. The number of anilines is 1. The zero-order valence-electron chi connectivity index (χ0n) is 14.4. The lowest BCUT2D eigenvalue weighted by Gasteiger charge is -2.21. The van der Waals surface area contributed by atoms with Gasteiger partial charge in [-0.15, -0.1) is 0 Å². The van der Waals surface area contributed by atoms with E-state index in [2.05, 4.69) is 55.3 Å². The van der Waals surface area contributed by atoms with Crippen molar-refractivity contribution in [2.75, 3.05) is 18.0 Å². The third-order valence-corrected chi connectivity index (χ3v) is 4.43. The third-order valence-electron chi connectivity index (χ3n) is 4.43. The van der Waals surface area contributed by atoms with Crippen LogP contribution in [-0.4, -0.2) is 24.2 Å². The van der Waals surface area contributed by atoms with Gasteiger partial charge in [0.1, 0.15) is 18.7 Å². The molecule has 3 N–H and O–H groups in total. The number of benzene rings is 2. The number of rotatable bonds is 8. The highest BCUT2D eigenvalue weighted by molar-refractivity contribution is 5.47. The molecule has 0 fully saturated rings. The molecule has 0 aromatic heterocycles. The van der Waals surface area contributed by atoms with E-state index in [-0.39, 0.29) is 6.04 Å². The van der Waals surface area contributed by atoms with Crippen LogP contribution >= 0.6 is 0 Å². The Kier molecular flexibility index (Phi) is 6.63. The van der Waals surface area contributed by atoms with E-state index in [9.17, 15) is 5.11 Å². The van der Waals surface area contributed by atoms with Gasteiger partial charge in [0.2, 0.25) is 0 Å². The molecule has 3 nitrogen and oxygen atoms in total. The molecule has 23 heavy (non-hydrogen) atoms. The second-order valence-corrected chi connectivity index (χ2v) is 5.99. The Balaban J connectivity index is 1.90. The predicted octanol–water partition coefficient (Wildman–Crippen LogP) is 2.72. The molecule has 2 aromatic carbocycles. The van der Waals surface area contributed by atoms with E-state index < -0.39 is 6.10 Å². The van der Waals surface area contributed by atoms with Crippen molar-refractivity contribution in [2.45, 2.75) is 39.5 Å². The van der Waals surface area contributed by atoms with E-state index in [0.29, 0.717) is 0 Å². The molecule has 0 unspecified atom stereocenters. The molecule has 0 aliphatic rings. The second-order valence-electron chi connectivity index (χ2n) is 5.99. The minimum atomic E-state index is -0.439. The first-order valence-corrected chi connectivity index (χ1v) is 8.56. The van der Waals surface area contributed by atoms with E-state index in [1.54, 1.807) is 0 Å². The number of nitrogens with two attached hydrogens (primary N) is 1. The van der Waals surface area contributed by atoms with Gasteiger partial charge in [0, 0.05) is 24.3 Å². The summed E-state index contributed by atoms with van der Waals surface area (Å²) in [6.07, 6.45) is -0.439. The summed E-state index contributed by atoms with van der Waals surface area (Å²) in [7, 11) is 0. The van der Waals surface area contributed by atoms with E-state index in [0.717, 1.165) is 25.2 Å². The third kappa shape index (κ3) is 4.81. The van der Waals surface area contributed by atoms with Gasteiger partial charge in [-0.05, 0) is 38.5 Å². The summed E-state index contributed by atoms with van der Waals surface area (Å²) in [5.41, 5.74) is 3.54. The van der Waals surface area contributed by atoms with Crippen LogP contribution in [-0.2, 0) is 6.54 Å². The first-order chi connectivity index (χ1) is 11.2. The minimum absolute atomic E-state index is 0.125. The fraction of sp³-hybridized carbons (Fsp3) is 0.400. The Labute approximate surface area is 140 Å². The smallest absolute Gasteiger partial charge is 0.130 e. The maximum Gasteiger partial charge on any atom is 0.130 e. The molecule has 0 aliphatic heterocycles. The monoisotopic (exact) mass is 313 g/mol. The van der Waals surface area contributed by atoms with Crippen molar-refractivity contribution in [1.82, 2.24) is 0 Å². The van der Waals surface area contributed by atoms with E-state index >= 15 is 0 Å². The van der Waals surface area contributed by atoms with Crippen LogP contribution in [0.2, 0.25) is 0 Å². The predicted molar refractivity (Wildman–Crippen MR) is 96.5 cm³/mol. The number of hydrogen-bond donors (Lipinski definition) is 2. The maximum atomic E-state index is 10.4. The van der Waals surface area contributed by atoms with Gasteiger partial charge >= 0.3 is 0 Å². The molecule has 0 spiro atoms. The van der Waals surface area contributed by atoms with Gasteiger partial charge in [0.15, 0.2) is 0 Å². The molecule has 2 rings (SSSR count). The molecule has 0 amide bonds. The van der Waals surface area contributed by atoms with Crippen molar-refractivity contribution in [3.8, 4) is 0 Å². The van der Waals surface area contributed by atoms with Crippen molar-refractivity contribution in [2.24, 2.45) is 0 Å². The fourth-order valence-corrected chi connectivity index (χ4v) is 2.84. The Bertz CT molecular complexity index is 564. The normalized spacial score (nSPS) is 13.6. The highest BCUT2D eigenvalue weighted by atomic mass is 16.3. The number of quaternary nitrogens is 1. The molecular formula is C20H29N2O+. The van der Waals surface area contributed by atoms with Crippen LogP contribution in [0.3, 0.4) is 0 Å². The van der Waals surface area contributed by atoms with Gasteiger partial charge in [-0.25, -0.2) is 0 Å². The minimum Gasteiger partial charge on any atom is -0.382 e. The zero-order chi connectivity index (χ0) is 16.7. The largest absolute Gasteiger partial charge is 0.382 e. The van der Waals surface area contributed by atoms with Gasteiger partial charge < -0.3 is 15.3 Å². The molecule has 0 bridgehead atoms. The summed E-state index contributed by atoms with van der Waals surface area (Å²) in [4.78, 5) is 2.34. The fourth-order valence-electron chi connectivity index (χ4n) is 2.84. The average molecular weight is 313 g/mol. The molecule has 0 heterocycles. The second kappa shape index (κ2) is 8.70. The summed E-state index contributed by atoms with van der Waals surface area (Å²) in [5.74, 6) is 0. The van der Waals surface area contributed by atoms with Gasteiger partial charge in [-0.2, -0.15) is 0 Å². The Morgan fingerprint density at radius 3 is 2.13 bits per heavy atom. The van der Waals surface area contributed by atoms with Gasteiger partial charge in [-0.3, -0.25) is 0 Å². The summed E-state index contributed by atoms with van der Waals surface area (Å²) in [6.45, 7) is 9.37. The topological polar surface area (TPSA) is 40.1 Å². The Hall–Kier alpha value is -1.84. The summed E-state index contributed by atoms with van der Waals surface area (Å²) in [5, 5.41) is 12.6. The molecule has 0 saturated carbocycles. The van der Waals surface area contributed by atoms with Crippen molar-refractivity contribution in [1.29, 1.82) is 0 Å². The van der Waals surface area contributed by atoms with E-state index in [4.69, 9.17) is 0 Å². The zero-order valence-corrected chi connectivity index (χ0v) is 14.4. The molecule has 3 heteroatoms. The van der Waals surface area contributed by atoms with Crippen LogP contribution in [0.5, 0.6) is 0 Å². The van der Waals surface area contributed by atoms with Crippen molar-refractivity contribution in [3.63, 3.8) is 0 Å². The molecule has 2 atom stereocenters. The highest BCUT2D eigenvalue weighted by Gasteiger charge is 2.18. The van der Waals surface area contributed by atoms with Crippen molar-refractivity contribution in [3.05, 3.63) is 65.7 Å². The van der Waals surface area contributed by atoms with Crippen LogP contribution in [0.4, 0.5) is 5.69 Å². The number of aliphatic hydroxyl groups is 1. The maximum absolute atomic E-state index is 10.4. The molecule has 0 radical (unpaired) electrons. The quantitative estimate of drug-likeness (QED) is 0.787. The summed E-state index contributed by atoms with van der Waals surface area (Å²) >= 11 is 0. The van der Waals surface area contributed by atoms with Crippen LogP contribution in [0.25, 0.3) is 0 Å². The number of aliphatic hydroxyl groups excluding tert-OH is 1. The van der Waals surface area contributed by atoms with Gasteiger partial charge in [0.05, 0.1) is 0 Å². The van der Waals surface area contributed by atoms with E-state index in [1.165, 1.54) is 11.3 Å². The first kappa shape index (κ1) is 17.5. The molecule has 0 saturated heterocycles. The lowest BCUT2D eigenvalue weighted by atomic mass is 10.0. The van der Waals surface area contributed by atoms with Crippen LogP contribution in [0.15, 0.2) is 54.6 Å². The molecule has 2 aromatic rings. The van der Waals surface area contributed by atoms with Crippen LogP contribution < -0.4 is 10.2 Å². The number of hydrogen-bond acceptors (Lipinski definition) is 2. The van der Waals surface area contributed by atoms with Crippen molar-refractivity contribution >= 4 is 5.69 Å². The Morgan fingerprint density at radius 1 is 0.957 bits per heavy atom. The SMILES string of the molecule is CCN(CC)c1ccc(C[NH2+][C@H](C)[C@H](O)c2ccccc2)cc1. The highest BCUT2D eigenvalue weighted by Crippen LogP contribution is 2.15. The summed E-state index contributed by atoms with van der Waals surface area (Å²) < 4.78 is 0. The Morgan fingerprint density at radius 2 is 1.57 bits per heavy atom. The first-order valence-electron chi connectivity index (χ1n) is 8.56. The average Bonchev–Trinajstić information content (AvgIpc) is 2.62.